The van der Waals surface area contributed by atoms with Gasteiger partial charge in [0.2, 0.25) is 5.75 Å². The lowest BCUT2D eigenvalue weighted by molar-refractivity contribution is -0.386. The van der Waals surface area contributed by atoms with E-state index in [1.807, 2.05) is 0 Å². The van der Waals surface area contributed by atoms with Crippen molar-refractivity contribution in [1.29, 1.82) is 0 Å². The van der Waals surface area contributed by atoms with Gasteiger partial charge in [0.1, 0.15) is 5.75 Å². The summed E-state index contributed by atoms with van der Waals surface area (Å²) < 4.78 is 10.8. The fraction of sp³-hybridized carbons (Fsp3) is 0.417. The molecule has 2 heterocycles. The van der Waals surface area contributed by atoms with Gasteiger partial charge in [-0.15, -0.1) is 0 Å². The van der Waals surface area contributed by atoms with Gasteiger partial charge in [-0.1, -0.05) is 0 Å². The Balaban J connectivity index is 2.39. The van der Waals surface area contributed by atoms with Gasteiger partial charge in [-0.3, -0.25) is 14.9 Å². The third-order valence-corrected chi connectivity index (χ3v) is 3.31. The second kappa shape index (κ2) is 3.69. The molecule has 0 amide bonds. The highest BCUT2D eigenvalue weighted by Gasteiger charge is 2.38. The van der Waals surface area contributed by atoms with Gasteiger partial charge in [-0.25, -0.2) is 0 Å². The highest BCUT2D eigenvalue weighted by atomic mass is 16.6. The summed E-state index contributed by atoms with van der Waals surface area (Å²) in [7, 11) is 0. The molecule has 0 saturated carbocycles. The highest BCUT2D eigenvalue weighted by Crippen LogP contribution is 2.48. The van der Waals surface area contributed by atoms with E-state index in [1.165, 1.54) is 6.92 Å². The van der Waals surface area contributed by atoms with Crippen LogP contribution in [-0.2, 0) is 12.8 Å². The Morgan fingerprint density at radius 2 is 1.78 bits per heavy atom. The van der Waals surface area contributed by atoms with Crippen molar-refractivity contribution < 1.29 is 19.2 Å². The molecule has 0 saturated heterocycles. The van der Waals surface area contributed by atoms with Crippen molar-refractivity contribution in [3.63, 3.8) is 0 Å². The summed E-state index contributed by atoms with van der Waals surface area (Å²) in [6.07, 6.45) is 0.963. The first kappa shape index (κ1) is 11.0. The quantitative estimate of drug-likeness (QED) is 0.452. The number of hydrogen-bond donors (Lipinski definition) is 0. The number of ketones is 1. The SMILES string of the molecule is CC(=O)c1c2c(c([N+](=O)[O-])c3c1OCC3)OCC2. The summed E-state index contributed by atoms with van der Waals surface area (Å²) in [5.74, 6) is 0.512. The number of carbonyl (C=O) groups excluding carboxylic acids is 1. The summed E-state index contributed by atoms with van der Waals surface area (Å²) >= 11 is 0. The zero-order valence-electron chi connectivity index (χ0n) is 9.82. The average Bonchev–Trinajstić information content (AvgIpc) is 2.91. The van der Waals surface area contributed by atoms with Crippen LogP contribution in [0.15, 0.2) is 0 Å². The van der Waals surface area contributed by atoms with Gasteiger partial charge in [0.25, 0.3) is 0 Å². The summed E-state index contributed by atoms with van der Waals surface area (Å²) in [5, 5.41) is 11.2. The predicted octanol–water partition coefficient (Wildman–Crippen LogP) is 1.67. The lowest BCUT2D eigenvalue weighted by atomic mass is 9.95. The number of fused-ring (bicyclic) bond motifs is 2. The minimum Gasteiger partial charge on any atom is -0.492 e. The first-order valence-electron chi connectivity index (χ1n) is 5.74. The van der Waals surface area contributed by atoms with Crippen molar-refractivity contribution in [2.24, 2.45) is 0 Å². The molecule has 94 valence electrons. The molecule has 1 aromatic rings. The van der Waals surface area contributed by atoms with Crippen LogP contribution in [0.5, 0.6) is 11.5 Å². The molecule has 0 fully saturated rings. The van der Waals surface area contributed by atoms with Crippen LogP contribution in [0.25, 0.3) is 0 Å². The number of benzene rings is 1. The molecule has 6 nitrogen and oxygen atoms in total. The van der Waals surface area contributed by atoms with Gasteiger partial charge in [-0.2, -0.15) is 0 Å². The lowest BCUT2D eigenvalue weighted by Gasteiger charge is -2.10. The molecule has 0 atom stereocenters. The first-order chi connectivity index (χ1) is 8.61. The van der Waals surface area contributed by atoms with Crippen LogP contribution >= 0.6 is 0 Å². The Labute approximate surface area is 103 Å². The zero-order chi connectivity index (χ0) is 12.9. The molecule has 0 unspecified atom stereocenters. The molecule has 3 rings (SSSR count). The number of ether oxygens (including phenoxy) is 2. The van der Waals surface area contributed by atoms with Gasteiger partial charge in [-0.05, 0) is 6.92 Å². The Morgan fingerprint density at radius 3 is 2.39 bits per heavy atom. The molecule has 0 radical (unpaired) electrons. The fourth-order valence-electron chi connectivity index (χ4n) is 2.65. The monoisotopic (exact) mass is 249 g/mol. The van der Waals surface area contributed by atoms with Crippen molar-refractivity contribution in [1.82, 2.24) is 0 Å². The van der Waals surface area contributed by atoms with E-state index in [9.17, 15) is 14.9 Å². The third kappa shape index (κ3) is 1.32. The minimum atomic E-state index is -0.443. The van der Waals surface area contributed by atoms with E-state index >= 15 is 0 Å². The largest absolute Gasteiger partial charge is 0.492 e. The third-order valence-electron chi connectivity index (χ3n) is 3.31. The van der Waals surface area contributed by atoms with Crippen molar-refractivity contribution in [3.8, 4) is 11.5 Å². The smallest absolute Gasteiger partial charge is 0.318 e. The van der Waals surface area contributed by atoms with Gasteiger partial charge < -0.3 is 9.47 Å². The normalized spacial score (nSPS) is 15.6. The molecule has 18 heavy (non-hydrogen) atoms. The minimum absolute atomic E-state index is 0.0278. The average molecular weight is 249 g/mol. The van der Waals surface area contributed by atoms with E-state index < -0.39 is 4.92 Å². The molecule has 6 heteroatoms. The number of rotatable bonds is 2. The van der Waals surface area contributed by atoms with Gasteiger partial charge in [0.05, 0.1) is 29.3 Å². The van der Waals surface area contributed by atoms with E-state index in [2.05, 4.69) is 0 Å². The van der Waals surface area contributed by atoms with Crippen molar-refractivity contribution in [2.45, 2.75) is 19.8 Å². The number of Topliss-reactive ketones (excluding diaryl/α,β-unsaturated/α-hetero) is 1. The van der Waals surface area contributed by atoms with E-state index in [0.717, 1.165) is 0 Å². The second-order valence-corrected chi connectivity index (χ2v) is 4.35. The summed E-state index contributed by atoms with van der Waals surface area (Å²) in [4.78, 5) is 22.5. The molecule has 0 aliphatic carbocycles. The Morgan fingerprint density at radius 1 is 1.17 bits per heavy atom. The molecular formula is C12H11NO5. The maximum atomic E-state index is 11.7. The van der Waals surface area contributed by atoms with E-state index in [-0.39, 0.29) is 17.2 Å². The molecule has 0 aromatic heterocycles. The number of nitrogens with zero attached hydrogens (tertiary/aromatic N) is 1. The van der Waals surface area contributed by atoms with Crippen LogP contribution in [0.1, 0.15) is 28.4 Å². The van der Waals surface area contributed by atoms with E-state index in [0.29, 0.717) is 48.5 Å². The number of nitro benzene ring substituents is 1. The Hall–Kier alpha value is -2.11. The fourth-order valence-corrected chi connectivity index (χ4v) is 2.65. The first-order valence-corrected chi connectivity index (χ1v) is 5.74. The zero-order valence-corrected chi connectivity index (χ0v) is 9.82. The maximum absolute atomic E-state index is 11.7. The van der Waals surface area contributed by atoms with E-state index in [1.54, 1.807) is 0 Å². The van der Waals surface area contributed by atoms with Gasteiger partial charge in [0.15, 0.2) is 5.78 Å². The van der Waals surface area contributed by atoms with Crippen LogP contribution in [0.2, 0.25) is 0 Å². The molecule has 2 aliphatic rings. The molecule has 0 N–H and O–H groups in total. The van der Waals surface area contributed by atoms with Gasteiger partial charge >= 0.3 is 5.69 Å². The van der Waals surface area contributed by atoms with Crippen molar-refractivity contribution in [2.75, 3.05) is 13.2 Å². The summed E-state index contributed by atoms with van der Waals surface area (Å²) in [6.45, 7) is 2.19. The molecule has 0 spiro atoms. The standard InChI is InChI=1S/C12H11NO5/c1-6(14)9-7-2-4-18-12(7)10(13(15)16)8-3-5-17-11(8)9/h2-5H2,1H3. The van der Waals surface area contributed by atoms with E-state index in [4.69, 9.17) is 9.47 Å². The lowest BCUT2D eigenvalue weighted by Crippen LogP contribution is -2.04. The molecule has 2 aliphatic heterocycles. The number of nitro groups is 1. The van der Waals surface area contributed by atoms with Crippen LogP contribution in [-0.4, -0.2) is 23.9 Å². The summed E-state index contributed by atoms with van der Waals surface area (Å²) in [5.41, 5.74) is 1.54. The van der Waals surface area contributed by atoms with Crippen LogP contribution in [0.4, 0.5) is 5.69 Å². The van der Waals surface area contributed by atoms with Crippen LogP contribution < -0.4 is 9.47 Å². The van der Waals surface area contributed by atoms with Crippen LogP contribution in [0, 0.1) is 10.1 Å². The van der Waals surface area contributed by atoms with Gasteiger partial charge in [0, 0.05) is 18.4 Å². The highest BCUT2D eigenvalue weighted by molar-refractivity contribution is 6.01. The number of carbonyl (C=O) groups is 1. The molecule has 1 aromatic carbocycles. The van der Waals surface area contributed by atoms with Crippen LogP contribution in [0.3, 0.4) is 0 Å². The second-order valence-electron chi connectivity index (χ2n) is 4.35. The van der Waals surface area contributed by atoms with Crippen molar-refractivity contribution >= 4 is 11.5 Å². The molecular weight excluding hydrogens is 238 g/mol. The van der Waals surface area contributed by atoms with Crippen molar-refractivity contribution in [3.05, 3.63) is 26.8 Å². The Bertz CT molecular complexity index is 494. The molecule has 0 bridgehead atoms. The summed E-state index contributed by atoms with van der Waals surface area (Å²) in [6, 6.07) is 0. The topological polar surface area (TPSA) is 78.7 Å². The number of hydrogen-bond acceptors (Lipinski definition) is 5. The Kier molecular flexibility index (Phi) is 2.26. The maximum Gasteiger partial charge on any atom is 0.318 e. The predicted molar refractivity (Wildman–Crippen MR) is 61.5 cm³/mol.